The van der Waals surface area contributed by atoms with Gasteiger partial charge < -0.3 is 15.0 Å². The molecular formula is C20H19Cl2F2N3O. The van der Waals surface area contributed by atoms with E-state index in [4.69, 9.17) is 27.9 Å². The molecule has 1 atom stereocenters. The van der Waals surface area contributed by atoms with E-state index in [1.807, 2.05) is 0 Å². The third-order valence-electron chi connectivity index (χ3n) is 5.06. The number of rotatable bonds is 2. The molecule has 2 heterocycles. The van der Waals surface area contributed by atoms with Crippen LogP contribution in [0.15, 0.2) is 29.3 Å². The van der Waals surface area contributed by atoms with Gasteiger partial charge >= 0.3 is 0 Å². The van der Waals surface area contributed by atoms with E-state index in [9.17, 15) is 4.39 Å². The quantitative estimate of drug-likeness (QED) is 0.511. The fourth-order valence-corrected chi connectivity index (χ4v) is 4.26. The topological polar surface area (TPSA) is 36.9 Å². The largest absolute Gasteiger partial charge is 0.496 e. The van der Waals surface area contributed by atoms with Gasteiger partial charge in [-0.25, -0.2) is 13.8 Å². The van der Waals surface area contributed by atoms with Crippen molar-refractivity contribution in [3.63, 3.8) is 0 Å². The van der Waals surface area contributed by atoms with Crippen molar-refractivity contribution in [3.05, 3.63) is 46.5 Å². The number of amidine groups is 1. The molecule has 4 nitrogen and oxygen atoms in total. The standard InChI is InChI=1S/C20H19Cl2F2N3O/c1-28-14-7-5-6-13(23)16(14)15-12(21)10-11-18(17(15)24)25-20(22)26-19(11)27-8-3-2-4-9-27/h5-7,10,20,25H,2-4,8-9H2,1H3. The molecule has 0 radical (unpaired) electrons. The maximum atomic E-state index is 15.6. The number of hydrogen-bond donors (Lipinski definition) is 1. The van der Waals surface area contributed by atoms with E-state index >= 15 is 4.39 Å². The molecule has 4 rings (SSSR count). The number of aliphatic imine (C=N–C) groups is 1. The highest BCUT2D eigenvalue weighted by molar-refractivity contribution is 6.34. The normalized spacial score (nSPS) is 19.0. The van der Waals surface area contributed by atoms with Gasteiger partial charge in [0, 0.05) is 24.2 Å². The summed E-state index contributed by atoms with van der Waals surface area (Å²) in [6.07, 6.45) is 3.23. The van der Waals surface area contributed by atoms with Crippen LogP contribution in [0.25, 0.3) is 11.1 Å². The molecule has 2 aliphatic heterocycles. The monoisotopic (exact) mass is 425 g/mol. The number of benzene rings is 2. The number of anilines is 1. The minimum Gasteiger partial charge on any atom is -0.496 e. The van der Waals surface area contributed by atoms with Crippen LogP contribution >= 0.6 is 23.2 Å². The van der Waals surface area contributed by atoms with Crippen molar-refractivity contribution in [2.75, 3.05) is 25.5 Å². The Balaban J connectivity index is 1.89. The predicted octanol–water partition coefficient (Wildman–Crippen LogP) is 5.47. The number of nitrogens with one attached hydrogen (secondary N) is 1. The van der Waals surface area contributed by atoms with Gasteiger partial charge in [0.15, 0.2) is 11.4 Å². The minimum atomic E-state index is -0.824. The van der Waals surface area contributed by atoms with Crippen molar-refractivity contribution in [2.45, 2.75) is 24.9 Å². The number of methoxy groups -OCH3 is 1. The number of piperidine rings is 1. The van der Waals surface area contributed by atoms with Crippen LogP contribution in [-0.4, -0.2) is 36.6 Å². The molecule has 1 N–H and O–H groups in total. The fraction of sp³-hybridized carbons (Fsp3) is 0.350. The molecule has 1 unspecified atom stereocenters. The SMILES string of the molecule is COc1cccc(F)c1-c1c(Cl)cc2c(c1F)NC(Cl)N=C2N1CCCCC1. The maximum Gasteiger partial charge on any atom is 0.197 e. The van der Waals surface area contributed by atoms with Crippen LogP contribution in [0.2, 0.25) is 5.02 Å². The summed E-state index contributed by atoms with van der Waals surface area (Å²) >= 11 is 12.7. The summed E-state index contributed by atoms with van der Waals surface area (Å²) in [6, 6.07) is 5.91. The Morgan fingerprint density at radius 2 is 1.93 bits per heavy atom. The molecule has 0 bridgehead atoms. The molecule has 148 valence electrons. The first-order valence-corrected chi connectivity index (χ1v) is 9.91. The van der Waals surface area contributed by atoms with Gasteiger partial charge in [-0.3, -0.25) is 0 Å². The summed E-state index contributed by atoms with van der Waals surface area (Å²) in [5.74, 6) is -0.491. The van der Waals surface area contributed by atoms with Crippen LogP contribution in [0.4, 0.5) is 14.5 Å². The van der Waals surface area contributed by atoms with Crippen LogP contribution < -0.4 is 10.1 Å². The number of likely N-dealkylation sites (tertiary alicyclic amines) is 1. The van der Waals surface area contributed by atoms with Gasteiger partial charge in [-0.05, 0) is 37.5 Å². The Labute approximate surface area is 172 Å². The highest BCUT2D eigenvalue weighted by Crippen LogP contribution is 2.44. The Bertz CT molecular complexity index is 946. The van der Waals surface area contributed by atoms with Gasteiger partial charge in [-0.2, -0.15) is 0 Å². The summed E-state index contributed by atoms with van der Waals surface area (Å²) in [5, 5.41) is 2.93. The second-order valence-electron chi connectivity index (χ2n) is 6.77. The maximum absolute atomic E-state index is 15.6. The van der Waals surface area contributed by atoms with Gasteiger partial charge in [0.05, 0.1) is 23.4 Å². The zero-order valence-corrected chi connectivity index (χ0v) is 16.7. The lowest BCUT2D eigenvalue weighted by atomic mass is 9.97. The Hall–Kier alpha value is -2.05. The summed E-state index contributed by atoms with van der Waals surface area (Å²) in [7, 11) is 1.40. The number of halogens is 4. The number of fused-ring (bicyclic) bond motifs is 1. The molecule has 1 fully saturated rings. The van der Waals surface area contributed by atoms with E-state index in [1.165, 1.54) is 19.2 Å². The molecule has 0 aromatic heterocycles. The smallest absolute Gasteiger partial charge is 0.197 e. The van der Waals surface area contributed by atoms with Crippen LogP contribution in [0.3, 0.4) is 0 Å². The van der Waals surface area contributed by atoms with E-state index in [-0.39, 0.29) is 27.6 Å². The van der Waals surface area contributed by atoms with Crippen molar-refractivity contribution in [2.24, 2.45) is 4.99 Å². The Kier molecular flexibility index (Phi) is 5.34. The van der Waals surface area contributed by atoms with Crippen molar-refractivity contribution >= 4 is 34.7 Å². The molecule has 1 saturated heterocycles. The van der Waals surface area contributed by atoms with E-state index in [0.717, 1.165) is 32.4 Å². The third kappa shape index (κ3) is 3.29. The summed E-state index contributed by atoms with van der Waals surface area (Å²) in [4.78, 5) is 6.55. The van der Waals surface area contributed by atoms with Crippen molar-refractivity contribution in [1.29, 1.82) is 0 Å². The molecule has 0 saturated carbocycles. The Morgan fingerprint density at radius 1 is 1.18 bits per heavy atom. The lowest BCUT2D eigenvalue weighted by molar-refractivity contribution is 0.341. The lowest BCUT2D eigenvalue weighted by Crippen LogP contribution is -2.40. The molecule has 2 aromatic rings. The zero-order valence-electron chi connectivity index (χ0n) is 15.2. The lowest BCUT2D eigenvalue weighted by Gasteiger charge is -2.34. The molecule has 0 aliphatic carbocycles. The number of alkyl halides is 1. The van der Waals surface area contributed by atoms with Crippen molar-refractivity contribution < 1.29 is 13.5 Å². The number of ether oxygens (including phenoxy) is 1. The summed E-state index contributed by atoms with van der Waals surface area (Å²) < 4.78 is 35.4. The van der Waals surface area contributed by atoms with Crippen LogP contribution in [0.1, 0.15) is 24.8 Å². The van der Waals surface area contributed by atoms with Gasteiger partial charge in [0.2, 0.25) is 0 Å². The van der Waals surface area contributed by atoms with E-state index in [1.54, 1.807) is 12.1 Å². The highest BCUT2D eigenvalue weighted by Gasteiger charge is 2.31. The van der Waals surface area contributed by atoms with Gasteiger partial charge in [-0.1, -0.05) is 29.3 Å². The highest BCUT2D eigenvalue weighted by atomic mass is 35.5. The number of nitrogens with zero attached hydrogens (tertiary/aromatic N) is 2. The third-order valence-corrected chi connectivity index (χ3v) is 5.56. The molecule has 0 spiro atoms. The van der Waals surface area contributed by atoms with E-state index < -0.39 is 17.3 Å². The fourth-order valence-electron chi connectivity index (χ4n) is 3.77. The first-order chi connectivity index (χ1) is 13.5. The van der Waals surface area contributed by atoms with Crippen molar-refractivity contribution in [1.82, 2.24) is 4.90 Å². The molecule has 28 heavy (non-hydrogen) atoms. The summed E-state index contributed by atoms with van der Waals surface area (Å²) in [6.45, 7) is 1.65. The first kappa shape index (κ1) is 19.3. The van der Waals surface area contributed by atoms with Crippen LogP contribution in [0.5, 0.6) is 5.75 Å². The molecule has 2 aromatic carbocycles. The molecular weight excluding hydrogens is 407 g/mol. The van der Waals surface area contributed by atoms with E-state index in [2.05, 4.69) is 15.2 Å². The molecule has 0 amide bonds. The predicted molar refractivity (Wildman–Crippen MR) is 109 cm³/mol. The number of hydrogen-bond acceptors (Lipinski definition) is 4. The second-order valence-corrected chi connectivity index (χ2v) is 7.59. The van der Waals surface area contributed by atoms with Crippen LogP contribution in [0, 0.1) is 11.6 Å². The van der Waals surface area contributed by atoms with Gasteiger partial charge in [0.25, 0.3) is 0 Å². The first-order valence-electron chi connectivity index (χ1n) is 9.10. The van der Waals surface area contributed by atoms with Crippen LogP contribution in [-0.2, 0) is 0 Å². The average molecular weight is 426 g/mol. The zero-order chi connectivity index (χ0) is 19.8. The molecule has 8 heteroatoms. The minimum absolute atomic E-state index is 0.0229. The Morgan fingerprint density at radius 3 is 2.64 bits per heavy atom. The van der Waals surface area contributed by atoms with E-state index in [0.29, 0.717) is 11.4 Å². The van der Waals surface area contributed by atoms with Gasteiger partial charge in [0.1, 0.15) is 17.4 Å². The summed E-state index contributed by atoms with van der Waals surface area (Å²) in [5.41, 5.74) is -0.215. The van der Waals surface area contributed by atoms with Crippen molar-refractivity contribution in [3.8, 4) is 16.9 Å². The average Bonchev–Trinajstić information content (AvgIpc) is 2.70. The second kappa shape index (κ2) is 7.76. The molecule has 2 aliphatic rings. The van der Waals surface area contributed by atoms with Gasteiger partial charge in [-0.15, -0.1) is 0 Å².